The number of nitrogen functional groups attached to an aromatic ring is 1. The van der Waals surface area contributed by atoms with E-state index in [1.54, 1.807) is 0 Å². The Morgan fingerprint density at radius 1 is 0.912 bits per heavy atom. The van der Waals surface area contributed by atoms with Gasteiger partial charge in [-0.25, -0.2) is 4.98 Å². The maximum absolute atomic E-state index is 5.93. The number of anilines is 3. The Kier molecular flexibility index (Phi) is 5.19. The molecule has 0 bridgehead atoms. The molecule has 0 saturated carbocycles. The summed E-state index contributed by atoms with van der Waals surface area (Å²) < 4.78 is 11.3. The second-order valence-corrected chi connectivity index (χ2v) is 9.02. The molecule has 6 rings (SSSR count). The summed E-state index contributed by atoms with van der Waals surface area (Å²) >= 11 is 0. The second kappa shape index (κ2) is 8.37. The van der Waals surface area contributed by atoms with Crippen molar-refractivity contribution in [1.29, 1.82) is 0 Å². The quantitative estimate of drug-likeness (QED) is 0.475. The Bertz CT molecular complexity index is 1360. The molecule has 176 valence electrons. The molecule has 3 aromatic heterocycles. The lowest BCUT2D eigenvalue weighted by atomic mass is 10.1. The normalized spacial score (nSPS) is 21.5. The minimum absolute atomic E-state index is 0.192. The third-order valence-electron chi connectivity index (χ3n) is 6.68. The van der Waals surface area contributed by atoms with Gasteiger partial charge in [0.05, 0.1) is 55.1 Å². The number of nitrogens with two attached hydrogens (primary N) is 1. The number of hydrogen-bond donors (Lipinski definition) is 2. The van der Waals surface area contributed by atoms with Gasteiger partial charge in [-0.05, 0) is 38.1 Å². The van der Waals surface area contributed by atoms with Crippen LogP contribution >= 0.6 is 0 Å². The highest BCUT2D eigenvalue weighted by molar-refractivity contribution is 5.93. The van der Waals surface area contributed by atoms with Crippen LogP contribution in [-0.2, 0) is 9.47 Å². The molecule has 0 spiro atoms. The largest absolute Gasteiger partial charge is 0.382 e. The topological polar surface area (TPSA) is 118 Å². The number of aromatic nitrogens is 5. The summed E-state index contributed by atoms with van der Waals surface area (Å²) in [7, 11) is 0. The van der Waals surface area contributed by atoms with Gasteiger partial charge in [0.2, 0.25) is 5.95 Å². The van der Waals surface area contributed by atoms with Gasteiger partial charge in [0.15, 0.2) is 11.5 Å². The summed E-state index contributed by atoms with van der Waals surface area (Å²) in [6.45, 7) is 8.51. The van der Waals surface area contributed by atoms with Crippen molar-refractivity contribution in [1.82, 2.24) is 25.1 Å². The number of hydrogen-bond acceptors (Lipinski definition) is 9. The fourth-order valence-corrected chi connectivity index (χ4v) is 4.76. The highest BCUT2D eigenvalue weighted by Crippen LogP contribution is 2.32. The van der Waals surface area contributed by atoms with E-state index in [0.717, 1.165) is 46.5 Å². The zero-order valence-corrected chi connectivity index (χ0v) is 19.4. The van der Waals surface area contributed by atoms with Crippen LogP contribution in [0.15, 0.2) is 30.3 Å². The number of benzene rings is 1. The fraction of sp³-hybridized carbons (Fsp3) is 0.417. The first kappa shape index (κ1) is 21.1. The Labute approximate surface area is 197 Å². The van der Waals surface area contributed by atoms with Crippen molar-refractivity contribution >= 4 is 39.5 Å². The van der Waals surface area contributed by atoms with Gasteiger partial charge < -0.3 is 25.0 Å². The summed E-state index contributed by atoms with van der Waals surface area (Å²) in [6.07, 6.45) is 0. The molecule has 2 fully saturated rings. The van der Waals surface area contributed by atoms with Crippen molar-refractivity contribution in [3.8, 4) is 11.3 Å². The predicted molar refractivity (Wildman–Crippen MR) is 132 cm³/mol. The first-order chi connectivity index (χ1) is 16.6. The summed E-state index contributed by atoms with van der Waals surface area (Å²) in [5, 5.41) is 8.93. The van der Waals surface area contributed by atoms with Crippen LogP contribution in [0.2, 0.25) is 0 Å². The van der Waals surface area contributed by atoms with Crippen molar-refractivity contribution in [3.05, 3.63) is 30.3 Å². The average molecular weight is 461 g/mol. The molecular weight excluding hydrogens is 432 g/mol. The van der Waals surface area contributed by atoms with Gasteiger partial charge in [-0.1, -0.05) is 6.07 Å². The van der Waals surface area contributed by atoms with Crippen molar-refractivity contribution in [2.75, 3.05) is 55.1 Å². The zero-order chi connectivity index (χ0) is 23.2. The number of aromatic amines is 1. The maximum Gasteiger partial charge on any atom is 0.229 e. The molecule has 0 radical (unpaired) electrons. The molecule has 10 nitrogen and oxygen atoms in total. The Morgan fingerprint density at radius 2 is 1.65 bits per heavy atom. The third-order valence-corrected chi connectivity index (χ3v) is 6.68. The summed E-state index contributed by atoms with van der Waals surface area (Å²) in [4.78, 5) is 19.5. The minimum atomic E-state index is 0.192. The lowest BCUT2D eigenvalue weighted by Gasteiger charge is -2.37. The van der Waals surface area contributed by atoms with E-state index in [9.17, 15) is 0 Å². The van der Waals surface area contributed by atoms with Gasteiger partial charge in [0.1, 0.15) is 5.82 Å². The maximum atomic E-state index is 5.93. The number of ether oxygens (including phenoxy) is 2. The summed E-state index contributed by atoms with van der Waals surface area (Å²) in [5.41, 5.74) is 9.30. The van der Waals surface area contributed by atoms with Crippen LogP contribution in [0, 0.1) is 0 Å². The van der Waals surface area contributed by atoms with E-state index >= 15 is 0 Å². The number of fused-ring (bicyclic) bond motifs is 2. The number of nitrogens with zero attached hydrogens (tertiary/aromatic N) is 6. The van der Waals surface area contributed by atoms with Crippen molar-refractivity contribution in [2.45, 2.75) is 25.9 Å². The molecule has 0 aliphatic carbocycles. The fourth-order valence-electron chi connectivity index (χ4n) is 4.76. The Hall–Kier alpha value is -3.50. The molecule has 2 aliphatic rings. The van der Waals surface area contributed by atoms with Gasteiger partial charge in [0, 0.05) is 24.0 Å². The van der Waals surface area contributed by atoms with Crippen molar-refractivity contribution < 1.29 is 9.47 Å². The summed E-state index contributed by atoms with van der Waals surface area (Å²) in [5.74, 6) is 2.10. The molecule has 5 heterocycles. The monoisotopic (exact) mass is 460 g/mol. The van der Waals surface area contributed by atoms with Gasteiger partial charge in [-0.2, -0.15) is 15.1 Å². The number of pyridine rings is 1. The lowest BCUT2D eigenvalue weighted by molar-refractivity contribution is 0.0973. The highest BCUT2D eigenvalue weighted by Gasteiger charge is 2.27. The van der Waals surface area contributed by atoms with Gasteiger partial charge >= 0.3 is 0 Å². The van der Waals surface area contributed by atoms with E-state index in [2.05, 4.69) is 39.9 Å². The second-order valence-electron chi connectivity index (χ2n) is 9.02. The van der Waals surface area contributed by atoms with E-state index < -0.39 is 0 Å². The predicted octanol–water partition coefficient (Wildman–Crippen LogP) is 2.60. The molecule has 0 amide bonds. The molecule has 4 aromatic rings. The van der Waals surface area contributed by atoms with E-state index in [0.29, 0.717) is 43.8 Å². The highest BCUT2D eigenvalue weighted by atomic mass is 16.5. The zero-order valence-electron chi connectivity index (χ0n) is 19.4. The van der Waals surface area contributed by atoms with Crippen LogP contribution in [0.5, 0.6) is 0 Å². The number of nitrogens with one attached hydrogen (secondary N) is 1. The van der Waals surface area contributed by atoms with Crippen LogP contribution in [0.4, 0.5) is 17.6 Å². The standard InChI is InChI=1S/C24H28N8O2/c1-14-12-33-9-7-31(14)23-18-5-6-19(16-3-4-17-20(11-16)29-30-21(17)25)26-22(18)27-24(28-23)32-8-10-34-13-15(32)2/h3-6,11,14-15H,7-10,12-13H2,1-2H3,(H3,25,29,30). The van der Waals surface area contributed by atoms with Gasteiger partial charge in [0.25, 0.3) is 0 Å². The number of morpholine rings is 2. The van der Waals surface area contributed by atoms with E-state index in [1.807, 2.05) is 24.3 Å². The van der Waals surface area contributed by atoms with Gasteiger partial charge in [-0.15, -0.1) is 0 Å². The van der Waals surface area contributed by atoms with Crippen LogP contribution in [-0.4, -0.2) is 76.8 Å². The molecule has 34 heavy (non-hydrogen) atoms. The van der Waals surface area contributed by atoms with E-state index in [1.165, 1.54) is 0 Å². The number of H-pyrrole nitrogens is 1. The molecule has 1 aromatic carbocycles. The van der Waals surface area contributed by atoms with Crippen molar-refractivity contribution in [2.24, 2.45) is 0 Å². The van der Waals surface area contributed by atoms with E-state index in [4.69, 9.17) is 30.2 Å². The molecule has 2 saturated heterocycles. The van der Waals surface area contributed by atoms with Crippen molar-refractivity contribution in [3.63, 3.8) is 0 Å². The Morgan fingerprint density at radius 3 is 2.41 bits per heavy atom. The smallest absolute Gasteiger partial charge is 0.229 e. The molecule has 10 heteroatoms. The first-order valence-corrected chi connectivity index (χ1v) is 11.7. The van der Waals surface area contributed by atoms with Crippen LogP contribution in [0.25, 0.3) is 33.2 Å². The van der Waals surface area contributed by atoms with Crippen LogP contribution < -0.4 is 15.5 Å². The molecular formula is C24H28N8O2. The molecule has 2 atom stereocenters. The molecule has 2 aliphatic heterocycles. The van der Waals surface area contributed by atoms with Gasteiger partial charge in [-0.3, -0.25) is 5.10 Å². The minimum Gasteiger partial charge on any atom is -0.382 e. The first-order valence-electron chi connectivity index (χ1n) is 11.7. The average Bonchev–Trinajstić information content (AvgIpc) is 3.23. The lowest BCUT2D eigenvalue weighted by Crippen LogP contribution is -2.46. The van der Waals surface area contributed by atoms with Crippen LogP contribution in [0.1, 0.15) is 13.8 Å². The third kappa shape index (κ3) is 3.59. The SMILES string of the molecule is CC1COCCN1c1nc(N2CCOCC2C)c2ccc(-c3ccc4c(N)n[nH]c4c3)nc2n1. The number of rotatable bonds is 3. The summed E-state index contributed by atoms with van der Waals surface area (Å²) in [6, 6.07) is 10.5. The molecule has 3 N–H and O–H groups in total. The molecule has 2 unspecified atom stereocenters. The Balaban J connectivity index is 1.49. The van der Waals surface area contributed by atoms with E-state index in [-0.39, 0.29) is 12.1 Å². The van der Waals surface area contributed by atoms with Crippen LogP contribution in [0.3, 0.4) is 0 Å².